The number of carboxylic acids is 1. The molecule has 0 unspecified atom stereocenters. The van der Waals surface area contributed by atoms with Gasteiger partial charge in [-0.15, -0.1) is 6.42 Å². The summed E-state index contributed by atoms with van der Waals surface area (Å²) in [7, 11) is -3.88. The summed E-state index contributed by atoms with van der Waals surface area (Å²) < 4.78 is 25.9. The molecule has 1 aromatic rings. The number of sulfonamides is 1. The summed E-state index contributed by atoms with van der Waals surface area (Å²) in [5.74, 6) is 1.19. The Labute approximate surface area is 122 Å². The van der Waals surface area contributed by atoms with Gasteiger partial charge in [-0.2, -0.15) is 4.31 Å². The molecule has 7 heteroatoms. The third-order valence-electron chi connectivity index (χ3n) is 3.19. The van der Waals surface area contributed by atoms with E-state index in [4.69, 9.17) is 23.1 Å². The maximum atomic E-state index is 12.5. The number of halogens is 1. The number of carbonyl (C=O) groups is 1. The van der Waals surface area contributed by atoms with E-state index in [2.05, 4.69) is 5.92 Å². The zero-order chi connectivity index (χ0) is 14.9. The Morgan fingerprint density at radius 3 is 2.75 bits per heavy atom. The first-order valence-corrected chi connectivity index (χ1v) is 7.70. The number of nitrogens with zero attached hydrogens (tertiary/aromatic N) is 1. The van der Waals surface area contributed by atoms with E-state index in [1.165, 1.54) is 18.2 Å². The molecule has 0 amide bonds. The Bertz CT molecular complexity index is 693. The molecule has 2 rings (SSSR count). The van der Waals surface area contributed by atoms with Crippen LogP contribution in [0.15, 0.2) is 23.1 Å². The van der Waals surface area contributed by atoms with E-state index in [9.17, 15) is 13.2 Å². The Kier molecular flexibility index (Phi) is 4.04. The summed E-state index contributed by atoms with van der Waals surface area (Å²) in [6.07, 6.45) is 6.05. The quantitative estimate of drug-likeness (QED) is 0.859. The van der Waals surface area contributed by atoms with Crippen LogP contribution in [0.1, 0.15) is 18.4 Å². The second kappa shape index (κ2) is 5.44. The van der Waals surface area contributed by atoms with Crippen LogP contribution in [0.25, 0.3) is 0 Å². The molecule has 0 aliphatic carbocycles. The average Bonchev–Trinajstić information content (AvgIpc) is 2.88. The van der Waals surface area contributed by atoms with Gasteiger partial charge in [0.1, 0.15) is 6.04 Å². The van der Waals surface area contributed by atoms with Gasteiger partial charge in [0.25, 0.3) is 0 Å². The molecule has 1 fully saturated rings. The summed E-state index contributed by atoms with van der Waals surface area (Å²) in [5.41, 5.74) is 0.391. The Morgan fingerprint density at radius 1 is 1.50 bits per heavy atom. The van der Waals surface area contributed by atoms with Crippen molar-refractivity contribution in [2.75, 3.05) is 6.54 Å². The van der Waals surface area contributed by atoms with E-state index < -0.39 is 22.0 Å². The van der Waals surface area contributed by atoms with Crippen LogP contribution in [-0.2, 0) is 14.8 Å². The third-order valence-corrected chi connectivity index (χ3v) is 5.41. The van der Waals surface area contributed by atoms with Gasteiger partial charge in [0.2, 0.25) is 10.0 Å². The summed E-state index contributed by atoms with van der Waals surface area (Å²) in [6, 6.07) is 3.00. The highest BCUT2D eigenvalue weighted by Crippen LogP contribution is 2.28. The van der Waals surface area contributed by atoms with Crippen LogP contribution in [-0.4, -0.2) is 36.4 Å². The first kappa shape index (κ1) is 14.9. The highest BCUT2D eigenvalue weighted by molar-refractivity contribution is 7.89. The van der Waals surface area contributed by atoms with Gasteiger partial charge < -0.3 is 5.11 Å². The molecule has 106 valence electrons. The minimum Gasteiger partial charge on any atom is -0.480 e. The van der Waals surface area contributed by atoms with Crippen molar-refractivity contribution in [2.24, 2.45) is 0 Å². The lowest BCUT2D eigenvalue weighted by atomic mass is 10.2. The number of aliphatic carboxylic acids is 1. The molecule has 0 spiro atoms. The van der Waals surface area contributed by atoms with E-state index in [0.29, 0.717) is 18.4 Å². The maximum absolute atomic E-state index is 12.5. The number of rotatable bonds is 3. The number of benzene rings is 1. The number of carboxylic acid groups (broad SMARTS) is 1. The van der Waals surface area contributed by atoms with Gasteiger partial charge in [-0.1, -0.05) is 17.5 Å². The van der Waals surface area contributed by atoms with Crippen molar-refractivity contribution in [3.8, 4) is 12.3 Å². The van der Waals surface area contributed by atoms with Gasteiger partial charge in [0, 0.05) is 12.1 Å². The summed E-state index contributed by atoms with van der Waals surface area (Å²) in [6.45, 7) is 0.188. The largest absolute Gasteiger partial charge is 0.480 e. The van der Waals surface area contributed by atoms with Gasteiger partial charge in [0.05, 0.1) is 9.92 Å². The molecular formula is C13H12ClNO4S. The van der Waals surface area contributed by atoms with Crippen molar-refractivity contribution in [2.45, 2.75) is 23.8 Å². The summed E-state index contributed by atoms with van der Waals surface area (Å²) in [4.78, 5) is 11.1. The molecule has 0 aromatic heterocycles. The van der Waals surface area contributed by atoms with E-state index in [1.54, 1.807) is 0 Å². The van der Waals surface area contributed by atoms with Gasteiger partial charge in [-0.25, -0.2) is 8.42 Å². The van der Waals surface area contributed by atoms with Crippen molar-refractivity contribution >= 4 is 27.6 Å². The first-order valence-electron chi connectivity index (χ1n) is 5.88. The minimum absolute atomic E-state index is 0.0466. The molecule has 1 aliphatic rings. The Morgan fingerprint density at radius 2 is 2.20 bits per heavy atom. The van der Waals surface area contributed by atoms with Crippen LogP contribution in [0.3, 0.4) is 0 Å². The molecule has 1 aliphatic heterocycles. The van der Waals surface area contributed by atoms with Crippen LogP contribution < -0.4 is 0 Å². The molecule has 1 aromatic carbocycles. The maximum Gasteiger partial charge on any atom is 0.322 e. The van der Waals surface area contributed by atoms with Crippen LogP contribution in [0, 0.1) is 12.3 Å². The third kappa shape index (κ3) is 2.52. The van der Waals surface area contributed by atoms with Crippen molar-refractivity contribution in [3.05, 3.63) is 28.8 Å². The van der Waals surface area contributed by atoms with Crippen LogP contribution in [0.5, 0.6) is 0 Å². The van der Waals surface area contributed by atoms with Crippen LogP contribution in [0.2, 0.25) is 5.02 Å². The Hall–Kier alpha value is -1.55. The fourth-order valence-corrected chi connectivity index (χ4v) is 4.16. The second-order valence-corrected chi connectivity index (χ2v) is 6.70. The molecule has 1 N–H and O–H groups in total. The minimum atomic E-state index is -3.88. The van der Waals surface area contributed by atoms with Crippen molar-refractivity contribution in [1.29, 1.82) is 0 Å². The fraction of sp³-hybridized carbons (Fsp3) is 0.308. The van der Waals surface area contributed by atoms with Crippen molar-refractivity contribution in [1.82, 2.24) is 4.31 Å². The van der Waals surface area contributed by atoms with E-state index in [1.807, 2.05) is 0 Å². The molecule has 1 heterocycles. The Balaban J connectivity index is 2.43. The van der Waals surface area contributed by atoms with Crippen molar-refractivity contribution < 1.29 is 18.3 Å². The summed E-state index contributed by atoms with van der Waals surface area (Å²) in [5, 5.41) is 9.22. The predicted octanol–water partition coefficient (Wildman–Crippen LogP) is 1.56. The van der Waals surface area contributed by atoms with Gasteiger partial charge in [-0.05, 0) is 31.0 Å². The normalized spacial score (nSPS) is 19.7. The first-order chi connectivity index (χ1) is 9.37. The fourth-order valence-electron chi connectivity index (χ4n) is 2.18. The second-order valence-electron chi connectivity index (χ2n) is 4.40. The highest BCUT2D eigenvalue weighted by Gasteiger charge is 2.39. The van der Waals surface area contributed by atoms with Crippen molar-refractivity contribution in [3.63, 3.8) is 0 Å². The number of hydrogen-bond donors (Lipinski definition) is 1. The molecule has 1 atom stereocenters. The van der Waals surface area contributed by atoms with Crippen LogP contribution in [0.4, 0.5) is 0 Å². The van der Waals surface area contributed by atoms with Crippen LogP contribution >= 0.6 is 11.6 Å². The topological polar surface area (TPSA) is 74.7 Å². The van der Waals surface area contributed by atoms with Gasteiger partial charge in [0.15, 0.2) is 0 Å². The SMILES string of the molecule is C#Cc1ccc(S(=O)(=O)N2CCC[C@@H]2C(=O)O)cc1Cl. The molecule has 5 nitrogen and oxygen atoms in total. The van der Waals surface area contributed by atoms with Gasteiger partial charge in [-0.3, -0.25) is 4.79 Å². The summed E-state index contributed by atoms with van der Waals surface area (Å²) >= 11 is 5.90. The molecular weight excluding hydrogens is 302 g/mol. The smallest absolute Gasteiger partial charge is 0.322 e. The monoisotopic (exact) mass is 313 g/mol. The lowest BCUT2D eigenvalue weighted by Crippen LogP contribution is -2.40. The molecule has 0 saturated carbocycles. The lowest BCUT2D eigenvalue weighted by molar-refractivity contribution is -0.140. The zero-order valence-corrected chi connectivity index (χ0v) is 12.0. The predicted molar refractivity (Wildman–Crippen MR) is 73.9 cm³/mol. The van der Waals surface area contributed by atoms with E-state index in [-0.39, 0.29) is 16.5 Å². The molecule has 0 radical (unpaired) electrons. The number of hydrogen-bond acceptors (Lipinski definition) is 3. The van der Waals surface area contributed by atoms with Gasteiger partial charge >= 0.3 is 5.97 Å². The zero-order valence-electron chi connectivity index (χ0n) is 10.4. The molecule has 20 heavy (non-hydrogen) atoms. The molecule has 0 bridgehead atoms. The standard InChI is InChI=1S/C13H12ClNO4S/c1-2-9-5-6-10(8-11(9)14)20(18,19)15-7-3-4-12(15)13(16)17/h1,5-6,8,12H,3-4,7H2,(H,16,17)/t12-/m1/s1. The average molecular weight is 314 g/mol. The van der Waals surface area contributed by atoms with E-state index in [0.717, 1.165) is 4.31 Å². The number of terminal acetylenes is 1. The molecule has 1 saturated heterocycles. The lowest BCUT2D eigenvalue weighted by Gasteiger charge is -2.21. The van der Waals surface area contributed by atoms with E-state index >= 15 is 0 Å². The highest BCUT2D eigenvalue weighted by atomic mass is 35.5.